The topological polar surface area (TPSA) is 29.4 Å². The first-order valence-electron chi connectivity index (χ1n) is 3.27. The molecular weight excluding hydrogens is 164 g/mol. The van der Waals surface area contributed by atoms with Gasteiger partial charge in [0.05, 0.1) is 0 Å². The molecule has 1 aliphatic heterocycles. The van der Waals surface area contributed by atoms with E-state index in [2.05, 4.69) is 4.99 Å². The highest BCUT2D eigenvalue weighted by molar-refractivity contribution is 6.06. The van der Waals surface area contributed by atoms with Crippen LogP contribution >= 0.6 is 0 Å². The van der Waals surface area contributed by atoms with Gasteiger partial charge in [-0.3, -0.25) is 4.79 Å². The molecule has 1 aromatic carbocycles. The maximum absolute atomic E-state index is 12.8. The van der Waals surface area contributed by atoms with Gasteiger partial charge in [-0.2, -0.15) is 0 Å². The molecule has 0 saturated heterocycles. The monoisotopic (exact) mass is 167 g/mol. The Morgan fingerprint density at radius 3 is 2.50 bits per heavy atom. The molecule has 0 aromatic heterocycles. The summed E-state index contributed by atoms with van der Waals surface area (Å²) >= 11 is 0. The number of rotatable bonds is 0. The van der Waals surface area contributed by atoms with Crippen molar-refractivity contribution in [3.63, 3.8) is 0 Å². The molecule has 0 bridgehead atoms. The second kappa shape index (κ2) is 2.20. The molecule has 0 aliphatic carbocycles. The van der Waals surface area contributed by atoms with Crippen molar-refractivity contribution in [3.8, 4) is 0 Å². The average molecular weight is 167 g/mol. The van der Waals surface area contributed by atoms with E-state index in [-0.39, 0.29) is 10.6 Å². The molecule has 0 N–H and O–H groups in total. The quantitative estimate of drug-likeness (QED) is 0.530. The number of carbonyl (C=O) groups excluding carboxylic acids is 1. The second-order valence-electron chi connectivity index (χ2n) is 2.39. The lowest BCUT2D eigenvalue weighted by Gasteiger charge is -1.88. The lowest BCUT2D eigenvalue weighted by atomic mass is 10.2. The predicted octanol–water partition coefficient (Wildman–Crippen LogP) is -0.0949. The van der Waals surface area contributed by atoms with Gasteiger partial charge >= 0.3 is 0 Å². The Kier molecular flexibility index (Phi) is 1.30. The number of amides is 1. The largest absolute Gasteiger partial charge is 0.271 e. The summed E-state index contributed by atoms with van der Waals surface area (Å²) in [6, 6.07) is 1.92. The molecule has 60 valence electrons. The van der Waals surface area contributed by atoms with Crippen LogP contribution in [-0.4, -0.2) is 5.91 Å². The zero-order valence-corrected chi connectivity index (χ0v) is 5.84. The summed E-state index contributed by atoms with van der Waals surface area (Å²) in [5, 5.41) is -0.250. The molecule has 0 saturated carbocycles. The number of hydrogen-bond acceptors (Lipinski definition) is 1. The zero-order valence-electron chi connectivity index (χ0n) is 5.84. The van der Waals surface area contributed by atoms with Crippen molar-refractivity contribution in [1.82, 2.24) is 0 Å². The summed E-state index contributed by atoms with van der Waals surface area (Å²) in [5.41, 5.74) is 0. The lowest BCUT2D eigenvalue weighted by Crippen LogP contribution is -2.28. The Morgan fingerprint density at radius 1 is 1.17 bits per heavy atom. The van der Waals surface area contributed by atoms with Crippen molar-refractivity contribution in [2.45, 2.75) is 0 Å². The summed E-state index contributed by atoms with van der Waals surface area (Å²) < 4.78 is 25.6. The predicted molar refractivity (Wildman–Crippen MR) is 36.6 cm³/mol. The van der Waals surface area contributed by atoms with Crippen LogP contribution in [0.3, 0.4) is 0 Å². The van der Waals surface area contributed by atoms with E-state index in [1.807, 2.05) is 0 Å². The molecule has 0 unspecified atom stereocenters. The molecule has 1 heterocycles. The van der Waals surface area contributed by atoms with Gasteiger partial charge in [-0.05, 0) is 12.1 Å². The van der Waals surface area contributed by atoms with Crippen molar-refractivity contribution in [3.05, 3.63) is 34.3 Å². The minimum Gasteiger partial charge on any atom is -0.267 e. The summed E-state index contributed by atoms with van der Waals surface area (Å²) in [7, 11) is 0. The van der Waals surface area contributed by atoms with Crippen LogP contribution in [0.2, 0.25) is 0 Å². The average Bonchev–Trinajstić information content (AvgIpc) is 2.41. The van der Waals surface area contributed by atoms with E-state index in [0.29, 0.717) is 0 Å². The van der Waals surface area contributed by atoms with Gasteiger partial charge in [-0.25, -0.2) is 13.8 Å². The molecule has 1 aromatic rings. The van der Waals surface area contributed by atoms with Crippen LogP contribution in [0.5, 0.6) is 0 Å². The SMILES string of the molecule is O=C1C=c2c(F)ccc(F)c2=N1. The van der Waals surface area contributed by atoms with Crippen LogP contribution in [0, 0.1) is 11.6 Å². The number of hydrogen-bond donors (Lipinski definition) is 0. The first-order valence-corrected chi connectivity index (χ1v) is 3.27. The van der Waals surface area contributed by atoms with Crippen molar-refractivity contribution >= 4 is 12.0 Å². The molecule has 2 rings (SSSR count). The van der Waals surface area contributed by atoms with Crippen LogP contribution < -0.4 is 10.6 Å². The van der Waals surface area contributed by atoms with E-state index in [9.17, 15) is 13.6 Å². The first kappa shape index (κ1) is 7.09. The summed E-state index contributed by atoms with van der Waals surface area (Å²) in [6.45, 7) is 0. The van der Waals surface area contributed by atoms with E-state index in [4.69, 9.17) is 0 Å². The molecular formula is C8H3F2NO. The highest BCUT2D eigenvalue weighted by Gasteiger charge is 2.10. The third-order valence-electron chi connectivity index (χ3n) is 1.60. The number of fused-ring (bicyclic) bond motifs is 1. The summed E-state index contributed by atoms with van der Waals surface area (Å²) in [5.74, 6) is -1.91. The maximum Gasteiger partial charge on any atom is 0.271 e. The number of benzene rings is 1. The fourth-order valence-electron chi connectivity index (χ4n) is 1.07. The van der Waals surface area contributed by atoms with Crippen LogP contribution in [0.1, 0.15) is 0 Å². The molecule has 12 heavy (non-hydrogen) atoms. The van der Waals surface area contributed by atoms with E-state index in [1.54, 1.807) is 0 Å². The highest BCUT2D eigenvalue weighted by atomic mass is 19.1. The molecule has 1 amide bonds. The minimum absolute atomic E-state index is 0.0556. The van der Waals surface area contributed by atoms with Crippen molar-refractivity contribution < 1.29 is 13.6 Å². The molecule has 0 radical (unpaired) electrons. The van der Waals surface area contributed by atoms with Crippen LogP contribution in [0.4, 0.5) is 8.78 Å². The van der Waals surface area contributed by atoms with Crippen LogP contribution in [0.15, 0.2) is 17.1 Å². The Balaban J connectivity index is 3.00. The molecule has 0 atom stereocenters. The Morgan fingerprint density at radius 2 is 1.83 bits per heavy atom. The normalized spacial score (nSPS) is 13.7. The van der Waals surface area contributed by atoms with Crippen LogP contribution in [-0.2, 0) is 4.79 Å². The molecule has 1 aliphatic rings. The maximum atomic E-state index is 12.8. The van der Waals surface area contributed by atoms with Gasteiger partial charge in [0.15, 0.2) is 0 Å². The first-order chi connectivity index (χ1) is 5.68. The number of carbonyl (C=O) groups is 1. The van der Waals surface area contributed by atoms with Crippen molar-refractivity contribution in [1.29, 1.82) is 0 Å². The van der Waals surface area contributed by atoms with Gasteiger partial charge in [0.1, 0.15) is 17.0 Å². The van der Waals surface area contributed by atoms with Gasteiger partial charge in [-0.1, -0.05) is 0 Å². The second-order valence-corrected chi connectivity index (χ2v) is 2.39. The Bertz CT molecular complexity index is 436. The number of nitrogens with zero attached hydrogens (tertiary/aromatic N) is 1. The Hall–Kier alpha value is -1.58. The molecule has 4 heteroatoms. The molecule has 0 spiro atoms. The van der Waals surface area contributed by atoms with Gasteiger partial charge in [0, 0.05) is 11.3 Å². The minimum atomic E-state index is -0.673. The van der Waals surface area contributed by atoms with E-state index < -0.39 is 17.5 Å². The lowest BCUT2D eigenvalue weighted by molar-refractivity contribution is -0.112. The van der Waals surface area contributed by atoms with Crippen LogP contribution in [0.25, 0.3) is 6.08 Å². The zero-order chi connectivity index (χ0) is 8.72. The third kappa shape index (κ3) is 0.845. The van der Waals surface area contributed by atoms with Gasteiger partial charge < -0.3 is 0 Å². The standard InChI is InChI=1S/C8H3F2NO/c9-5-1-2-6(10)8-4(5)3-7(12)11-8/h1-3H. The van der Waals surface area contributed by atoms with Crippen molar-refractivity contribution in [2.75, 3.05) is 0 Å². The number of halogens is 2. The highest BCUT2D eigenvalue weighted by Crippen LogP contribution is 1.93. The fourth-order valence-corrected chi connectivity index (χ4v) is 1.07. The van der Waals surface area contributed by atoms with E-state index in [1.165, 1.54) is 0 Å². The van der Waals surface area contributed by atoms with Crippen molar-refractivity contribution in [2.24, 2.45) is 4.99 Å². The molecule has 2 nitrogen and oxygen atoms in total. The van der Waals surface area contributed by atoms with Gasteiger partial charge in [0.2, 0.25) is 0 Å². The molecule has 0 fully saturated rings. The summed E-state index contributed by atoms with van der Waals surface area (Å²) in [6.07, 6.45) is 0.980. The Labute approximate surface area is 65.9 Å². The summed E-state index contributed by atoms with van der Waals surface area (Å²) in [4.78, 5) is 14.0. The van der Waals surface area contributed by atoms with Gasteiger partial charge in [-0.15, -0.1) is 0 Å². The third-order valence-corrected chi connectivity index (χ3v) is 1.60. The van der Waals surface area contributed by atoms with E-state index >= 15 is 0 Å². The smallest absolute Gasteiger partial charge is 0.267 e. The fraction of sp³-hybridized carbons (Fsp3) is 0. The van der Waals surface area contributed by atoms with E-state index in [0.717, 1.165) is 18.2 Å². The van der Waals surface area contributed by atoms with Gasteiger partial charge in [0.25, 0.3) is 5.91 Å².